The number of primary amides is 1. The number of carbonyl (C=O) groups excluding carboxylic acids is 1. The molecule has 16 heavy (non-hydrogen) atoms. The molecule has 0 aliphatic carbocycles. The molecule has 1 unspecified atom stereocenters. The summed E-state index contributed by atoms with van der Waals surface area (Å²) < 4.78 is 5.70. The summed E-state index contributed by atoms with van der Waals surface area (Å²) in [5, 5.41) is 0. The number of nitrogens with two attached hydrogens (primary N) is 1. The molecule has 0 saturated heterocycles. The minimum Gasteiger partial charge on any atom is -0.491 e. The second kappa shape index (κ2) is 6.16. The summed E-state index contributed by atoms with van der Waals surface area (Å²) >= 11 is 0. The van der Waals surface area contributed by atoms with Gasteiger partial charge in [0.1, 0.15) is 5.75 Å². The monoisotopic (exact) mass is 221 g/mol. The van der Waals surface area contributed by atoms with Gasteiger partial charge in [0.15, 0.2) is 0 Å². The van der Waals surface area contributed by atoms with Gasteiger partial charge in [-0.2, -0.15) is 0 Å². The Morgan fingerprint density at radius 2 is 2.25 bits per heavy atom. The first-order valence-electron chi connectivity index (χ1n) is 5.70. The summed E-state index contributed by atoms with van der Waals surface area (Å²) in [4.78, 5) is 11.0. The molecule has 3 heteroatoms. The van der Waals surface area contributed by atoms with E-state index < -0.39 is 5.91 Å². The largest absolute Gasteiger partial charge is 0.491 e. The van der Waals surface area contributed by atoms with Gasteiger partial charge in [0, 0.05) is 5.56 Å². The fourth-order valence-corrected chi connectivity index (χ4v) is 1.51. The third-order valence-corrected chi connectivity index (χ3v) is 2.42. The molecular formula is C13H19NO2. The number of unbranched alkanes of at least 4 members (excludes halogenated alkanes) is 1. The van der Waals surface area contributed by atoms with Crippen molar-refractivity contribution in [2.45, 2.75) is 39.2 Å². The van der Waals surface area contributed by atoms with E-state index >= 15 is 0 Å². The van der Waals surface area contributed by atoms with Gasteiger partial charge < -0.3 is 10.5 Å². The number of hydrogen-bond donors (Lipinski definition) is 1. The Bertz CT molecular complexity index is 350. The average Bonchev–Trinajstić information content (AvgIpc) is 2.26. The van der Waals surface area contributed by atoms with E-state index in [9.17, 15) is 4.79 Å². The number of rotatable bonds is 6. The molecule has 0 saturated carbocycles. The molecule has 0 aromatic heterocycles. The highest BCUT2D eigenvalue weighted by Gasteiger charge is 2.05. The van der Waals surface area contributed by atoms with Crippen molar-refractivity contribution in [3.8, 4) is 5.75 Å². The minimum absolute atomic E-state index is 0.170. The number of carbonyl (C=O) groups is 1. The van der Waals surface area contributed by atoms with Gasteiger partial charge >= 0.3 is 0 Å². The van der Waals surface area contributed by atoms with Crippen molar-refractivity contribution in [3.63, 3.8) is 0 Å². The fraction of sp³-hybridized carbons (Fsp3) is 0.462. The van der Waals surface area contributed by atoms with Crippen molar-refractivity contribution in [1.29, 1.82) is 0 Å². The molecule has 0 aliphatic heterocycles. The van der Waals surface area contributed by atoms with E-state index in [1.165, 1.54) is 0 Å². The smallest absolute Gasteiger partial charge is 0.248 e. The molecule has 0 fully saturated rings. The molecule has 1 rings (SSSR count). The van der Waals surface area contributed by atoms with Crippen molar-refractivity contribution >= 4 is 5.91 Å². The highest BCUT2D eigenvalue weighted by molar-refractivity contribution is 5.93. The highest BCUT2D eigenvalue weighted by Crippen LogP contribution is 2.16. The Balaban J connectivity index is 2.59. The zero-order valence-electron chi connectivity index (χ0n) is 9.90. The van der Waals surface area contributed by atoms with Crippen molar-refractivity contribution < 1.29 is 9.53 Å². The van der Waals surface area contributed by atoms with Gasteiger partial charge in [0.2, 0.25) is 5.91 Å². The Labute approximate surface area is 96.6 Å². The normalized spacial score (nSPS) is 12.1. The van der Waals surface area contributed by atoms with Crippen molar-refractivity contribution in [2.75, 3.05) is 0 Å². The van der Waals surface area contributed by atoms with Crippen LogP contribution in [0.2, 0.25) is 0 Å². The molecule has 1 amide bonds. The Morgan fingerprint density at radius 1 is 1.50 bits per heavy atom. The topological polar surface area (TPSA) is 52.3 Å². The molecule has 3 nitrogen and oxygen atoms in total. The summed E-state index contributed by atoms with van der Waals surface area (Å²) in [6.07, 6.45) is 3.51. The van der Waals surface area contributed by atoms with E-state index in [2.05, 4.69) is 6.92 Å². The minimum atomic E-state index is -0.424. The van der Waals surface area contributed by atoms with Crippen LogP contribution in [-0.2, 0) is 0 Å². The fourth-order valence-electron chi connectivity index (χ4n) is 1.51. The second-order valence-electron chi connectivity index (χ2n) is 3.96. The van der Waals surface area contributed by atoms with Crippen molar-refractivity contribution in [2.24, 2.45) is 5.73 Å². The highest BCUT2D eigenvalue weighted by atomic mass is 16.5. The van der Waals surface area contributed by atoms with Crippen LogP contribution >= 0.6 is 0 Å². The molecule has 0 aliphatic rings. The van der Waals surface area contributed by atoms with Crippen LogP contribution in [-0.4, -0.2) is 12.0 Å². The van der Waals surface area contributed by atoms with E-state index in [4.69, 9.17) is 10.5 Å². The maximum atomic E-state index is 11.0. The maximum absolute atomic E-state index is 11.0. The molecule has 0 spiro atoms. The summed E-state index contributed by atoms with van der Waals surface area (Å²) in [7, 11) is 0. The van der Waals surface area contributed by atoms with Crippen molar-refractivity contribution in [3.05, 3.63) is 29.8 Å². The molecular weight excluding hydrogens is 202 g/mol. The van der Waals surface area contributed by atoms with Crippen molar-refractivity contribution in [1.82, 2.24) is 0 Å². The summed E-state index contributed by atoms with van der Waals surface area (Å²) in [6, 6.07) is 6.99. The molecule has 1 atom stereocenters. The number of ether oxygens (including phenoxy) is 1. The predicted octanol–water partition coefficient (Wildman–Crippen LogP) is 2.74. The van der Waals surface area contributed by atoms with Gasteiger partial charge in [-0.25, -0.2) is 0 Å². The van der Waals surface area contributed by atoms with Gasteiger partial charge in [0.25, 0.3) is 0 Å². The number of benzene rings is 1. The van der Waals surface area contributed by atoms with Gasteiger partial charge in [-0.15, -0.1) is 0 Å². The first kappa shape index (κ1) is 12.6. The Hall–Kier alpha value is -1.51. The van der Waals surface area contributed by atoms with E-state index in [-0.39, 0.29) is 6.10 Å². The molecule has 88 valence electrons. The summed E-state index contributed by atoms with van der Waals surface area (Å²) in [5.74, 6) is 0.284. The molecule has 0 radical (unpaired) electrons. The van der Waals surface area contributed by atoms with Gasteiger partial charge in [0.05, 0.1) is 6.10 Å². The lowest BCUT2D eigenvalue weighted by Crippen LogP contribution is -2.13. The van der Waals surface area contributed by atoms with Crippen LogP contribution in [0.3, 0.4) is 0 Å². The number of hydrogen-bond acceptors (Lipinski definition) is 2. The SMILES string of the molecule is CCCCC(C)Oc1cccc(C(N)=O)c1. The van der Waals surface area contributed by atoms with Crippen LogP contribution in [0.1, 0.15) is 43.5 Å². The number of amides is 1. The van der Waals surface area contributed by atoms with Crippen LogP contribution in [0.25, 0.3) is 0 Å². The van der Waals surface area contributed by atoms with Crippen LogP contribution in [0.5, 0.6) is 5.75 Å². The summed E-state index contributed by atoms with van der Waals surface area (Å²) in [6.45, 7) is 4.19. The molecule has 0 heterocycles. The molecule has 1 aromatic rings. The lowest BCUT2D eigenvalue weighted by Gasteiger charge is -2.14. The Kier molecular flexibility index (Phi) is 4.83. The van der Waals surface area contributed by atoms with Crippen LogP contribution in [0, 0.1) is 0 Å². The van der Waals surface area contributed by atoms with Gasteiger partial charge in [-0.3, -0.25) is 4.79 Å². The van der Waals surface area contributed by atoms with E-state index in [0.717, 1.165) is 19.3 Å². The molecule has 2 N–H and O–H groups in total. The van der Waals surface area contributed by atoms with Gasteiger partial charge in [-0.1, -0.05) is 25.8 Å². The van der Waals surface area contributed by atoms with E-state index in [1.54, 1.807) is 18.2 Å². The zero-order valence-corrected chi connectivity index (χ0v) is 9.90. The van der Waals surface area contributed by atoms with Gasteiger partial charge in [-0.05, 0) is 31.5 Å². The quantitative estimate of drug-likeness (QED) is 0.803. The van der Waals surface area contributed by atoms with Crippen LogP contribution in [0.4, 0.5) is 0 Å². The maximum Gasteiger partial charge on any atom is 0.248 e. The first-order valence-corrected chi connectivity index (χ1v) is 5.70. The molecule has 0 bridgehead atoms. The summed E-state index contributed by atoms with van der Waals surface area (Å²) in [5.41, 5.74) is 5.69. The average molecular weight is 221 g/mol. The molecule has 1 aromatic carbocycles. The van der Waals surface area contributed by atoms with Crippen LogP contribution < -0.4 is 10.5 Å². The standard InChI is InChI=1S/C13H19NO2/c1-3-4-6-10(2)16-12-8-5-7-11(9-12)13(14)15/h5,7-10H,3-4,6H2,1-2H3,(H2,14,15). The first-order chi connectivity index (χ1) is 7.63. The zero-order chi connectivity index (χ0) is 12.0. The third-order valence-electron chi connectivity index (χ3n) is 2.42. The predicted molar refractivity (Wildman–Crippen MR) is 64.6 cm³/mol. The van der Waals surface area contributed by atoms with E-state index in [1.807, 2.05) is 13.0 Å². The van der Waals surface area contributed by atoms with Crippen LogP contribution in [0.15, 0.2) is 24.3 Å². The second-order valence-corrected chi connectivity index (χ2v) is 3.96. The lowest BCUT2D eigenvalue weighted by molar-refractivity contribution is 0.0999. The van der Waals surface area contributed by atoms with E-state index in [0.29, 0.717) is 11.3 Å². The third kappa shape index (κ3) is 3.93. The Morgan fingerprint density at radius 3 is 2.88 bits per heavy atom. The lowest BCUT2D eigenvalue weighted by atomic mass is 10.2.